The predicted molar refractivity (Wildman–Crippen MR) is 49.8 cm³/mol. The third-order valence-electron chi connectivity index (χ3n) is 1.74. The minimum Gasteiger partial charge on any atom is -0.265 e. The van der Waals surface area contributed by atoms with Crippen molar-refractivity contribution < 1.29 is 0 Å². The maximum atomic E-state index is 4.37. The second kappa shape index (κ2) is 3.04. The SMILES string of the molecule is CCC1=CC=CC(C)(C)C=N1. The topological polar surface area (TPSA) is 12.4 Å². The lowest BCUT2D eigenvalue weighted by Gasteiger charge is -2.10. The normalized spacial score (nSPS) is 21.2. The van der Waals surface area contributed by atoms with E-state index in [2.05, 4.69) is 44.0 Å². The largest absolute Gasteiger partial charge is 0.265 e. The van der Waals surface area contributed by atoms with Crippen LogP contribution in [0.2, 0.25) is 0 Å². The Bertz CT molecular complexity index is 219. The number of nitrogens with zero attached hydrogens (tertiary/aromatic N) is 1. The third kappa shape index (κ3) is 2.34. The zero-order valence-electron chi connectivity index (χ0n) is 7.46. The molecular weight excluding hydrogens is 134 g/mol. The standard InChI is InChI=1S/C10H15N/c1-4-9-6-5-7-10(2,3)8-11-9/h5-8H,4H2,1-3H3. The first-order valence-corrected chi connectivity index (χ1v) is 4.08. The minimum atomic E-state index is 0.118. The van der Waals surface area contributed by atoms with Crippen molar-refractivity contribution >= 4 is 6.21 Å². The molecule has 1 rings (SSSR count). The molecule has 1 aliphatic rings. The molecule has 0 unspecified atom stereocenters. The van der Waals surface area contributed by atoms with E-state index in [9.17, 15) is 0 Å². The van der Waals surface area contributed by atoms with Crippen molar-refractivity contribution in [2.45, 2.75) is 27.2 Å². The Labute approximate surface area is 68.5 Å². The van der Waals surface area contributed by atoms with Gasteiger partial charge in [0.05, 0.1) is 0 Å². The lowest BCUT2D eigenvalue weighted by molar-refractivity contribution is 0.694. The third-order valence-corrected chi connectivity index (χ3v) is 1.74. The summed E-state index contributed by atoms with van der Waals surface area (Å²) in [5.74, 6) is 0. The second-order valence-corrected chi connectivity index (χ2v) is 3.45. The summed E-state index contributed by atoms with van der Waals surface area (Å²) in [5, 5.41) is 0. The van der Waals surface area contributed by atoms with Crippen LogP contribution in [0.15, 0.2) is 28.9 Å². The minimum absolute atomic E-state index is 0.118. The van der Waals surface area contributed by atoms with Gasteiger partial charge < -0.3 is 0 Å². The molecule has 0 saturated carbocycles. The van der Waals surface area contributed by atoms with E-state index in [1.807, 2.05) is 6.21 Å². The first-order valence-electron chi connectivity index (χ1n) is 4.08. The van der Waals surface area contributed by atoms with Gasteiger partial charge in [-0.3, -0.25) is 4.99 Å². The van der Waals surface area contributed by atoms with Crippen LogP contribution in [0.5, 0.6) is 0 Å². The molecule has 0 aromatic carbocycles. The van der Waals surface area contributed by atoms with Crippen molar-refractivity contribution in [1.82, 2.24) is 0 Å². The van der Waals surface area contributed by atoms with Gasteiger partial charge in [-0.25, -0.2) is 0 Å². The Hall–Kier alpha value is -0.850. The summed E-state index contributed by atoms with van der Waals surface area (Å²) in [7, 11) is 0. The van der Waals surface area contributed by atoms with Gasteiger partial charge in [0, 0.05) is 17.3 Å². The zero-order valence-corrected chi connectivity index (χ0v) is 7.46. The fourth-order valence-electron chi connectivity index (χ4n) is 0.952. The molecule has 60 valence electrons. The monoisotopic (exact) mass is 149 g/mol. The van der Waals surface area contributed by atoms with Crippen molar-refractivity contribution in [1.29, 1.82) is 0 Å². The average Bonchev–Trinajstić information content (AvgIpc) is 2.10. The first-order chi connectivity index (χ1) is 5.14. The molecule has 0 atom stereocenters. The molecule has 0 N–H and O–H groups in total. The van der Waals surface area contributed by atoms with Crippen LogP contribution in [0.25, 0.3) is 0 Å². The summed E-state index contributed by atoms with van der Waals surface area (Å²) in [6, 6.07) is 0. The molecule has 0 radical (unpaired) electrons. The molecule has 0 amide bonds. The molecule has 1 heteroatoms. The van der Waals surface area contributed by atoms with Crippen LogP contribution < -0.4 is 0 Å². The molecule has 0 saturated heterocycles. The molecule has 0 spiro atoms. The molecule has 0 fully saturated rings. The highest BCUT2D eigenvalue weighted by molar-refractivity contribution is 5.69. The van der Waals surface area contributed by atoms with E-state index in [4.69, 9.17) is 0 Å². The molecular formula is C10H15N. The highest BCUT2D eigenvalue weighted by Gasteiger charge is 2.10. The molecule has 1 heterocycles. The lowest BCUT2D eigenvalue weighted by atomic mass is 9.95. The van der Waals surface area contributed by atoms with Gasteiger partial charge in [0.1, 0.15) is 0 Å². The summed E-state index contributed by atoms with van der Waals surface area (Å²) >= 11 is 0. The van der Waals surface area contributed by atoms with Crippen molar-refractivity contribution in [3.05, 3.63) is 23.9 Å². The van der Waals surface area contributed by atoms with Crippen LogP contribution in [0.3, 0.4) is 0 Å². The summed E-state index contributed by atoms with van der Waals surface area (Å²) in [6.45, 7) is 6.42. The second-order valence-electron chi connectivity index (χ2n) is 3.45. The van der Waals surface area contributed by atoms with E-state index in [1.54, 1.807) is 0 Å². The Kier molecular flexibility index (Phi) is 2.28. The van der Waals surface area contributed by atoms with E-state index >= 15 is 0 Å². The van der Waals surface area contributed by atoms with E-state index in [1.165, 1.54) is 0 Å². The molecule has 0 aliphatic carbocycles. The summed E-state index contributed by atoms with van der Waals surface area (Å²) in [4.78, 5) is 4.37. The summed E-state index contributed by atoms with van der Waals surface area (Å²) in [6.07, 6.45) is 9.35. The van der Waals surface area contributed by atoms with E-state index in [0.717, 1.165) is 12.1 Å². The molecule has 0 aromatic heterocycles. The van der Waals surface area contributed by atoms with Gasteiger partial charge in [0.2, 0.25) is 0 Å². The summed E-state index contributed by atoms with van der Waals surface area (Å²) < 4.78 is 0. The van der Waals surface area contributed by atoms with Crippen molar-refractivity contribution in [2.75, 3.05) is 0 Å². The van der Waals surface area contributed by atoms with Gasteiger partial charge in [-0.1, -0.05) is 32.9 Å². The van der Waals surface area contributed by atoms with Crippen molar-refractivity contribution in [2.24, 2.45) is 10.4 Å². The fourth-order valence-corrected chi connectivity index (χ4v) is 0.952. The number of allylic oxidation sites excluding steroid dienone is 4. The smallest absolute Gasteiger partial charge is 0.0397 e. The van der Waals surface area contributed by atoms with Crippen LogP contribution in [0, 0.1) is 5.41 Å². The lowest BCUT2D eigenvalue weighted by Crippen LogP contribution is -2.07. The fraction of sp³-hybridized carbons (Fsp3) is 0.500. The molecule has 0 aromatic rings. The van der Waals surface area contributed by atoms with E-state index in [-0.39, 0.29) is 5.41 Å². The molecule has 0 bridgehead atoms. The highest BCUT2D eigenvalue weighted by Crippen LogP contribution is 2.18. The maximum absolute atomic E-state index is 4.37. The quantitative estimate of drug-likeness (QED) is 0.543. The molecule has 1 aliphatic heterocycles. The Morgan fingerprint density at radius 1 is 1.45 bits per heavy atom. The maximum Gasteiger partial charge on any atom is 0.0397 e. The van der Waals surface area contributed by atoms with Gasteiger partial charge in [0.25, 0.3) is 0 Å². The Balaban J connectivity index is 2.83. The van der Waals surface area contributed by atoms with Crippen LogP contribution in [-0.4, -0.2) is 6.21 Å². The van der Waals surface area contributed by atoms with Gasteiger partial charge in [0.15, 0.2) is 0 Å². The van der Waals surface area contributed by atoms with Crippen molar-refractivity contribution in [3.63, 3.8) is 0 Å². The predicted octanol–water partition coefficient (Wildman–Crippen LogP) is 2.95. The van der Waals surface area contributed by atoms with Crippen LogP contribution in [0.1, 0.15) is 27.2 Å². The molecule has 1 nitrogen and oxygen atoms in total. The van der Waals surface area contributed by atoms with Gasteiger partial charge in [-0.15, -0.1) is 0 Å². The van der Waals surface area contributed by atoms with Gasteiger partial charge in [-0.05, 0) is 12.5 Å². The Morgan fingerprint density at radius 3 is 2.82 bits per heavy atom. The average molecular weight is 149 g/mol. The van der Waals surface area contributed by atoms with Crippen LogP contribution >= 0.6 is 0 Å². The van der Waals surface area contributed by atoms with Crippen LogP contribution in [-0.2, 0) is 0 Å². The number of aliphatic imine (C=N–C) groups is 1. The van der Waals surface area contributed by atoms with E-state index < -0.39 is 0 Å². The Morgan fingerprint density at radius 2 is 2.18 bits per heavy atom. The number of hydrogen-bond donors (Lipinski definition) is 0. The highest BCUT2D eigenvalue weighted by atomic mass is 14.7. The first kappa shape index (κ1) is 8.25. The molecule has 11 heavy (non-hydrogen) atoms. The van der Waals surface area contributed by atoms with Crippen molar-refractivity contribution in [3.8, 4) is 0 Å². The summed E-state index contributed by atoms with van der Waals surface area (Å²) in [5.41, 5.74) is 1.28. The zero-order chi connectivity index (χ0) is 8.32. The van der Waals surface area contributed by atoms with E-state index in [0.29, 0.717) is 0 Å². The van der Waals surface area contributed by atoms with Gasteiger partial charge >= 0.3 is 0 Å². The van der Waals surface area contributed by atoms with Crippen LogP contribution in [0.4, 0.5) is 0 Å². The van der Waals surface area contributed by atoms with Gasteiger partial charge in [-0.2, -0.15) is 0 Å². The number of hydrogen-bond acceptors (Lipinski definition) is 1. The number of rotatable bonds is 1.